The van der Waals surface area contributed by atoms with E-state index < -0.39 is 6.04 Å². The van der Waals surface area contributed by atoms with Crippen LogP contribution in [0.5, 0.6) is 0 Å². The number of para-hydroxylation sites is 1. The Morgan fingerprint density at radius 2 is 2.04 bits per heavy atom. The molecule has 1 aromatic heterocycles. The minimum atomic E-state index is -0.533. The lowest BCUT2D eigenvalue weighted by Gasteiger charge is -2.22. The van der Waals surface area contributed by atoms with Gasteiger partial charge >= 0.3 is 0 Å². The second kappa shape index (κ2) is 8.43. The van der Waals surface area contributed by atoms with Crippen molar-refractivity contribution in [2.45, 2.75) is 19.4 Å². The van der Waals surface area contributed by atoms with E-state index in [0.29, 0.717) is 0 Å². The van der Waals surface area contributed by atoms with Gasteiger partial charge in [-0.2, -0.15) is 5.10 Å². The lowest BCUT2D eigenvalue weighted by atomic mass is 10.1. The van der Waals surface area contributed by atoms with Crippen molar-refractivity contribution in [3.63, 3.8) is 0 Å². The van der Waals surface area contributed by atoms with Crippen molar-refractivity contribution in [2.24, 2.45) is 7.05 Å². The molecule has 2 aromatic rings. The molecule has 0 fully saturated rings. The fourth-order valence-corrected chi connectivity index (χ4v) is 2.68. The number of nitrogens with one attached hydrogen (secondary N) is 2. The average Bonchev–Trinajstić information content (AvgIpc) is 3.01. The van der Waals surface area contributed by atoms with E-state index in [1.165, 1.54) is 4.90 Å². The molecule has 7 heteroatoms. The van der Waals surface area contributed by atoms with Crippen LogP contribution in [-0.2, 0) is 23.1 Å². The molecule has 0 aliphatic carbocycles. The average molecular weight is 343 g/mol. The van der Waals surface area contributed by atoms with Gasteiger partial charge in [0.05, 0.1) is 12.7 Å². The van der Waals surface area contributed by atoms with Crippen molar-refractivity contribution in [3.8, 4) is 0 Å². The molecule has 0 spiro atoms. The first-order valence-electron chi connectivity index (χ1n) is 8.24. The standard InChI is InChI=1S/C18H25N5O2/c1-5-13-8-6-7-9-15(13)21-16(24)12-22(3)18(25)17(19-2)14-10-20-23(4)11-14/h6-11,17,19H,5,12H2,1-4H3,(H,21,24). The molecule has 0 bridgehead atoms. The summed E-state index contributed by atoms with van der Waals surface area (Å²) >= 11 is 0. The van der Waals surface area contributed by atoms with Gasteiger partial charge < -0.3 is 15.5 Å². The number of hydrogen-bond donors (Lipinski definition) is 2. The molecule has 1 atom stereocenters. The summed E-state index contributed by atoms with van der Waals surface area (Å²) < 4.78 is 1.64. The van der Waals surface area contributed by atoms with Gasteiger partial charge in [0.25, 0.3) is 0 Å². The van der Waals surface area contributed by atoms with Crippen LogP contribution in [0.3, 0.4) is 0 Å². The van der Waals surface area contributed by atoms with Crippen LogP contribution in [0.1, 0.15) is 24.1 Å². The zero-order chi connectivity index (χ0) is 18.4. The molecule has 1 aromatic carbocycles. The second-order valence-electron chi connectivity index (χ2n) is 5.92. The van der Waals surface area contributed by atoms with E-state index >= 15 is 0 Å². The van der Waals surface area contributed by atoms with Gasteiger partial charge in [-0.3, -0.25) is 14.3 Å². The molecule has 0 aliphatic rings. The van der Waals surface area contributed by atoms with Crippen molar-refractivity contribution in [1.29, 1.82) is 0 Å². The number of rotatable bonds is 7. The molecule has 1 unspecified atom stereocenters. The third-order valence-corrected chi connectivity index (χ3v) is 4.02. The van der Waals surface area contributed by atoms with Crippen molar-refractivity contribution in [3.05, 3.63) is 47.8 Å². The largest absolute Gasteiger partial charge is 0.335 e. The zero-order valence-electron chi connectivity index (χ0n) is 15.1. The number of benzene rings is 1. The van der Waals surface area contributed by atoms with Crippen LogP contribution in [0.2, 0.25) is 0 Å². The van der Waals surface area contributed by atoms with E-state index in [2.05, 4.69) is 15.7 Å². The van der Waals surface area contributed by atoms with Crippen molar-refractivity contribution < 1.29 is 9.59 Å². The second-order valence-corrected chi connectivity index (χ2v) is 5.92. The molecule has 2 N–H and O–H groups in total. The minimum Gasteiger partial charge on any atom is -0.335 e. The Kier molecular flexibility index (Phi) is 6.30. The Morgan fingerprint density at radius 1 is 1.32 bits per heavy atom. The fraction of sp³-hybridized carbons (Fsp3) is 0.389. The zero-order valence-corrected chi connectivity index (χ0v) is 15.1. The number of carbonyl (C=O) groups is 2. The van der Waals surface area contributed by atoms with Gasteiger partial charge in [0.1, 0.15) is 6.04 Å². The van der Waals surface area contributed by atoms with E-state index in [0.717, 1.165) is 23.2 Å². The summed E-state index contributed by atoms with van der Waals surface area (Å²) in [5.74, 6) is -0.410. The number of carbonyl (C=O) groups excluding carboxylic acids is 2. The molecular formula is C18H25N5O2. The van der Waals surface area contributed by atoms with Crippen LogP contribution < -0.4 is 10.6 Å². The van der Waals surface area contributed by atoms with Crippen molar-refractivity contribution in [2.75, 3.05) is 26.0 Å². The van der Waals surface area contributed by atoms with Gasteiger partial charge in [0, 0.05) is 31.5 Å². The van der Waals surface area contributed by atoms with E-state index in [-0.39, 0.29) is 18.4 Å². The van der Waals surface area contributed by atoms with E-state index in [9.17, 15) is 9.59 Å². The van der Waals surface area contributed by atoms with E-state index in [1.807, 2.05) is 31.2 Å². The van der Waals surface area contributed by atoms with Crippen molar-refractivity contribution >= 4 is 17.5 Å². The van der Waals surface area contributed by atoms with Gasteiger partial charge in [-0.15, -0.1) is 0 Å². The molecule has 0 saturated carbocycles. The van der Waals surface area contributed by atoms with Crippen LogP contribution in [0.25, 0.3) is 0 Å². The number of aromatic nitrogens is 2. The molecular weight excluding hydrogens is 318 g/mol. The predicted octanol–water partition coefficient (Wildman–Crippen LogP) is 1.34. The summed E-state index contributed by atoms with van der Waals surface area (Å²) in [6.07, 6.45) is 4.25. The molecule has 1 heterocycles. The van der Waals surface area contributed by atoms with Gasteiger partial charge in [-0.25, -0.2) is 0 Å². The maximum Gasteiger partial charge on any atom is 0.244 e. The first-order valence-corrected chi connectivity index (χ1v) is 8.24. The van der Waals surface area contributed by atoms with Crippen LogP contribution in [-0.4, -0.2) is 47.1 Å². The highest BCUT2D eigenvalue weighted by Crippen LogP contribution is 2.16. The minimum absolute atomic E-state index is 0.0185. The number of aryl methyl sites for hydroxylation is 2. The Balaban J connectivity index is 2.01. The summed E-state index contributed by atoms with van der Waals surface area (Å²) in [6.45, 7) is 2.02. The predicted molar refractivity (Wildman–Crippen MR) is 97.1 cm³/mol. The van der Waals surface area contributed by atoms with Gasteiger partial charge in [0.15, 0.2) is 0 Å². The Morgan fingerprint density at radius 3 is 2.64 bits per heavy atom. The van der Waals surface area contributed by atoms with E-state index in [4.69, 9.17) is 0 Å². The Bertz CT molecular complexity index is 741. The topological polar surface area (TPSA) is 79.3 Å². The number of amides is 2. The van der Waals surface area contributed by atoms with Gasteiger partial charge in [0.2, 0.25) is 11.8 Å². The number of nitrogens with zero attached hydrogens (tertiary/aromatic N) is 3. The third-order valence-electron chi connectivity index (χ3n) is 4.02. The maximum absolute atomic E-state index is 12.6. The van der Waals surface area contributed by atoms with Crippen LogP contribution in [0.4, 0.5) is 5.69 Å². The maximum atomic E-state index is 12.6. The number of anilines is 1. The summed E-state index contributed by atoms with van der Waals surface area (Å²) in [5, 5.41) is 9.95. The SMILES string of the molecule is CCc1ccccc1NC(=O)CN(C)C(=O)C(NC)c1cnn(C)c1. The molecule has 0 radical (unpaired) electrons. The molecule has 0 saturated heterocycles. The Labute approximate surface area is 148 Å². The third kappa shape index (κ3) is 4.67. The molecule has 7 nitrogen and oxygen atoms in total. The summed E-state index contributed by atoms with van der Waals surface area (Å²) in [6, 6.07) is 7.13. The van der Waals surface area contributed by atoms with Crippen LogP contribution in [0, 0.1) is 0 Å². The van der Waals surface area contributed by atoms with E-state index in [1.54, 1.807) is 38.2 Å². The lowest BCUT2D eigenvalue weighted by molar-refractivity contribution is -0.135. The highest BCUT2D eigenvalue weighted by atomic mass is 16.2. The highest BCUT2D eigenvalue weighted by Gasteiger charge is 2.24. The summed E-state index contributed by atoms with van der Waals surface area (Å²) in [5.41, 5.74) is 2.61. The highest BCUT2D eigenvalue weighted by molar-refractivity contribution is 5.95. The molecule has 134 valence electrons. The van der Waals surface area contributed by atoms with Crippen LogP contribution >= 0.6 is 0 Å². The molecule has 2 amide bonds. The quantitative estimate of drug-likeness (QED) is 0.795. The van der Waals surface area contributed by atoms with Gasteiger partial charge in [-0.05, 0) is 25.1 Å². The summed E-state index contributed by atoms with van der Waals surface area (Å²) in [7, 11) is 5.12. The number of likely N-dealkylation sites (N-methyl/N-ethyl adjacent to an activating group) is 2. The molecule has 2 rings (SSSR count). The monoisotopic (exact) mass is 343 g/mol. The summed E-state index contributed by atoms with van der Waals surface area (Å²) in [4.78, 5) is 26.4. The fourth-order valence-electron chi connectivity index (χ4n) is 2.68. The molecule has 25 heavy (non-hydrogen) atoms. The number of hydrogen-bond acceptors (Lipinski definition) is 4. The Hall–Kier alpha value is -2.67. The lowest BCUT2D eigenvalue weighted by Crippen LogP contribution is -2.41. The smallest absolute Gasteiger partial charge is 0.244 e. The van der Waals surface area contributed by atoms with Crippen LogP contribution in [0.15, 0.2) is 36.7 Å². The van der Waals surface area contributed by atoms with Crippen molar-refractivity contribution in [1.82, 2.24) is 20.0 Å². The molecule has 0 aliphatic heterocycles. The van der Waals surface area contributed by atoms with Gasteiger partial charge in [-0.1, -0.05) is 25.1 Å². The first-order chi connectivity index (χ1) is 12.0. The normalized spacial score (nSPS) is 11.8. The first kappa shape index (κ1) is 18.7.